The van der Waals surface area contributed by atoms with Crippen molar-refractivity contribution < 1.29 is 4.79 Å². The van der Waals surface area contributed by atoms with Gasteiger partial charge in [-0.15, -0.1) is 0 Å². The van der Waals surface area contributed by atoms with Gasteiger partial charge in [0.2, 0.25) is 5.91 Å². The molecule has 2 rings (SSSR count). The van der Waals surface area contributed by atoms with Gasteiger partial charge in [0.1, 0.15) is 4.32 Å². The second-order valence-corrected chi connectivity index (χ2v) is 4.69. The van der Waals surface area contributed by atoms with Crippen molar-refractivity contribution in [2.24, 2.45) is 0 Å². The molecule has 0 spiro atoms. The molecule has 0 atom stereocenters. The molecule has 1 fully saturated rings. The summed E-state index contributed by atoms with van der Waals surface area (Å²) in [6.45, 7) is 0.453. The lowest BCUT2D eigenvalue weighted by atomic mass is 10.3. The molecule has 1 heterocycles. The number of benzene rings is 1. The minimum atomic E-state index is 0.0773. The summed E-state index contributed by atoms with van der Waals surface area (Å²) in [6.07, 6.45) is 0. The zero-order valence-corrected chi connectivity index (χ0v) is 9.61. The van der Waals surface area contributed by atoms with Crippen LogP contribution in [0.2, 0.25) is 0 Å². The van der Waals surface area contributed by atoms with Crippen molar-refractivity contribution in [3.63, 3.8) is 0 Å². The predicted octanol–water partition coefficient (Wildman–Crippen LogP) is 1.92. The molecule has 78 valence electrons. The molecule has 3 nitrogen and oxygen atoms in total. The van der Waals surface area contributed by atoms with Crippen LogP contribution < -0.4 is 5.32 Å². The summed E-state index contributed by atoms with van der Waals surface area (Å²) in [5.41, 5.74) is 0.991. The number of nitrogens with one attached hydrogen (secondary N) is 1. The van der Waals surface area contributed by atoms with Gasteiger partial charge in [0, 0.05) is 5.69 Å². The summed E-state index contributed by atoms with van der Waals surface area (Å²) in [4.78, 5) is 13.0. The molecule has 1 aliphatic rings. The normalized spacial score (nSPS) is 15.9. The number of anilines is 1. The van der Waals surface area contributed by atoms with Crippen molar-refractivity contribution in [2.45, 2.75) is 0 Å². The highest BCUT2D eigenvalue weighted by Crippen LogP contribution is 2.19. The van der Waals surface area contributed by atoms with E-state index in [-0.39, 0.29) is 5.91 Å². The van der Waals surface area contributed by atoms with Crippen LogP contribution in [0.1, 0.15) is 0 Å². The second-order valence-electron chi connectivity index (χ2n) is 3.08. The number of para-hydroxylation sites is 1. The minimum Gasteiger partial charge on any atom is -0.367 e. The van der Waals surface area contributed by atoms with Crippen LogP contribution in [0.5, 0.6) is 0 Å². The molecule has 0 unspecified atom stereocenters. The van der Waals surface area contributed by atoms with Crippen LogP contribution in [-0.4, -0.2) is 27.5 Å². The lowest BCUT2D eigenvalue weighted by molar-refractivity contribution is -0.123. The van der Waals surface area contributed by atoms with E-state index < -0.39 is 0 Å². The Balaban J connectivity index is 1.93. The van der Waals surface area contributed by atoms with Crippen LogP contribution in [0.3, 0.4) is 0 Å². The molecule has 15 heavy (non-hydrogen) atoms. The smallest absolute Gasteiger partial charge is 0.239 e. The summed E-state index contributed by atoms with van der Waals surface area (Å²) >= 11 is 6.48. The zero-order valence-electron chi connectivity index (χ0n) is 7.97. The SMILES string of the molecule is O=C1CSC(=S)N1CNc1ccccc1. The maximum atomic E-state index is 11.4. The summed E-state index contributed by atoms with van der Waals surface area (Å²) in [5.74, 6) is 0.545. The molecule has 1 N–H and O–H groups in total. The van der Waals surface area contributed by atoms with Gasteiger partial charge < -0.3 is 5.32 Å². The van der Waals surface area contributed by atoms with Crippen LogP contribution >= 0.6 is 24.0 Å². The van der Waals surface area contributed by atoms with E-state index in [1.54, 1.807) is 4.90 Å². The van der Waals surface area contributed by atoms with Crippen molar-refractivity contribution >= 4 is 39.9 Å². The molecule has 0 aliphatic carbocycles. The highest BCUT2D eigenvalue weighted by molar-refractivity contribution is 8.23. The average molecular weight is 238 g/mol. The highest BCUT2D eigenvalue weighted by Gasteiger charge is 2.25. The highest BCUT2D eigenvalue weighted by atomic mass is 32.2. The number of thioether (sulfide) groups is 1. The van der Waals surface area contributed by atoms with E-state index >= 15 is 0 Å². The minimum absolute atomic E-state index is 0.0773. The zero-order chi connectivity index (χ0) is 10.7. The Morgan fingerprint density at radius 2 is 2.13 bits per heavy atom. The average Bonchev–Trinajstić information content (AvgIpc) is 2.58. The van der Waals surface area contributed by atoms with Crippen molar-refractivity contribution in [2.75, 3.05) is 17.7 Å². The standard InChI is InChI=1S/C10H10N2OS2/c13-9-6-15-10(14)12(9)7-11-8-4-2-1-3-5-8/h1-5,11H,6-7H2. The van der Waals surface area contributed by atoms with Crippen LogP contribution in [0.25, 0.3) is 0 Å². The molecule has 1 amide bonds. The Morgan fingerprint density at radius 3 is 2.73 bits per heavy atom. The topological polar surface area (TPSA) is 32.3 Å². The number of hydrogen-bond donors (Lipinski definition) is 1. The largest absolute Gasteiger partial charge is 0.367 e. The van der Waals surface area contributed by atoms with Gasteiger partial charge in [0.25, 0.3) is 0 Å². The van der Waals surface area contributed by atoms with Gasteiger partial charge in [-0.25, -0.2) is 0 Å². The Kier molecular flexibility index (Phi) is 3.23. The number of thiocarbonyl (C=S) groups is 1. The summed E-state index contributed by atoms with van der Waals surface area (Å²) in [7, 11) is 0. The molecule has 1 aliphatic heterocycles. The van der Waals surface area contributed by atoms with E-state index in [0.717, 1.165) is 5.69 Å². The fourth-order valence-corrected chi connectivity index (χ4v) is 2.33. The van der Waals surface area contributed by atoms with E-state index in [2.05, 4.69) is 5.32 Å². The number of carbonyl (C=O) groups excluding carboxylic acids is 1. The fraction of sp³-hybridized carbons (Fsp3) is 0.200. The first-order valence-electron chi connectivity index (χ1n) is 4.53. The van der Waals surface area contributed by atoms with Gasteiger partial charge in [0.05, 0.1) is 12.4 Å². The van der Waals surface area contributed by atoms with Gasteiger partial charge in [-0.2, -0.15) is 0 Å². The lowest BCUT2D eigenvalue weighted by Crippen LogP contribution is -2.33. The Bertz CT molecular complexity index is 364. The third kappa shape index (κ3) is 2.49. The van der Waals surface area contributed by atoms with Crippen LogP contribution in [0, 0.1) is 0 Å². The molecule has 1 aromatic rings. The Hall–Kier alpha value is -1.07. The van der Waals surface area contributed by atoms with Crippen molar-refractivity contribution in [3.05, 3.63) is 30.3 Å². The summed E-state index contributed by atoms with van der Waals surface area (Å²) in [5, 5.41) is 3.15. The third-order valence-electron chi connectivity index (χ3n) is 2.06. The van der Waals surface area contributed by atoms with Gasteiger partial charge in [0.15, 0.2) is 0 Å². The molecule has 1 saturated heterocycles. The van der Waals surface area contributed by atoms with Crippen LogP contribution in [0.15, 0.2) is 30.3 Å². The van der Waals surface area contributed by atoms with Crippen molar-refractivity contribution in [1.29, 1.82) is 0 Å². The quantitative estimate of drug-likeness (QED) is 0.815. The number of carbonyl (C=O) groups is 1. The first-order chi connectivity index (χ1) is 7.27. The fourth-order valence-electron chi connectivity index (χ4n) is 1.26. The van der Waals surface area contributed by atoms with Gasteiger partial charge in [-0.3, -0.25) is 9.69 Å². The van der Waals surface area contributed by atoms with Crippen molar-refractivity contribution in [3.8, 4) is 0 Å². The monoisotopic (exact) mass is 238 g/mol. The van der Waals surface area contributed by atoms with Crippen LogP contribution in [0.4, 0.5) is 5.69 Å². The van der Waals surface area contributed by atoms with E-state index in [9.17, 15) is 4.79 Å². The molecule has 5 heteroatoms. The maximum Gasteiger partial charge on any atom is 0.239 e. The number of rotatable bonds is 3. The van der Waals surface area contributed by atoms with Crippen LogP contribution in [-0.2, 0) is 4.79 Å². The van der Waals surface area contributed by atoms with E-state index in [1.165, 1.54) is 11.8 Å². The second kappa shape index (κ2) is 4.63. The van der Waals surface area contributed by atoms with Crippen molar-refractivity contribution in [1.82, 2.24) is 4.90 Å². The Morgan fingerprint density at radius 1 is 1.40 bits per heavy atom. The molecule has 0 saturated carbocycles. The third-order valence-corrected chi connectivity index (χ3v) is 3.49. The predicted molar refractivity (Wildman–Crippen MR) is 66.8 cm³/mol. The first kappa shape index (κ1) is 10.4. The summed E-state index contributed by atoms with van der Waals surface area (Å²) in [6, 6.07) is 9.75. The number of nitrogens with zero attached hydrogens (tertiary/aromatic N) is 1. The van der Waals surface area contributed by atoms with E-state index in [0.29, 0.717) is 16.7 Å². The lowest BCUT2D eigenvalue weighted by Gasteiger charge is -2.16. The molecule has 0 aromatic heterocycles. The molecular weight excluding hydrogens is 228 g/mol. The summed E-state index contributed by atoms with van der Waals surface area (Å²) < 4.78 is 0.656. The number of amides is 1. The Labute approximate surface area is 97.8 Å². The molecule has 0 radical (unpaired) electrons. The molecule has 0 bridgehead atoms. The first-order valence-corrected chi connectivity index (χ1v) is 5.93. The van der Waals surface area contributed by atoms with Gasteiger partial charge in [-0.1, -0.05) is 42.2 Å². The maximum absolute atomic E-state index is 11.4. The molecule has 1 aromatic carbocycles. The molecular formula is C10H10N2OS2. The van der Waals surface area contributed by atoms with E-state index in [4.69, 9.17) is 12.2 Å². The van der Waals surface area contributed by atoms with Gasteiger partial charge in [-0.05, 0) is 12.1 Å². The van der Waals surface area contributed by atoms with E-state index in [1.807, 2.05) is 30.3 Å². The number of hydrogen-bond acceptors (Lipinski definition) is 4. The van der Waals surface area contributed by atoms with Gasteiger partial charge >= 0.3 is 0 Å².